The number of aromatic nitrogens is 2. The van der Waals surface area contributed by atoms with Crippen LogP contribution in [0.5, 0.6) is 0 Å². The number of hydrogen-bond acceptors (Lipinski definition) is 14. The lowest BCUT2D eigenvalue weighted by molar-refractivity contribution is -0.125. The van der Waals surface area contributed by atoms with E-state index in [1.807, 2.05) is 80.4 Å². The number of fused-ring (bicyclic) bond motifs is 6. The Bertz CT molecular complexity index is 4020. The van der Waals surface area contributed by atoms with E-state index >= 15 is 0 Å². The number of nitrogens with zero attached hydrogens (tertiary/aromatic N) is 2. The molecule has 9 aromatic rings. The Balaban J connectivity index is 0.959. The third kappa shape index (κ3) is 24.6. The Morgan fingerprint density at radius 2 is 0.637 bits per heavy atom. The number of rotatable bonds is 52. The summed E-state index contributed by atoms with van der Waals surface area (Å²) >= 11 is 14.4. The predicted octanol–water partition coefficient (Wildman–Crippen LogP) is 26.7. The Labute approximate surface area is 642 Å². The van der Waals surface area contributed by atoms with Crippen LogP contribution in [0.4, 0.5) is 0 Å². The monoisotopic (exact) mass is 1530 g/mol. The van der Waals surface area contributed by atoms with Crippen LogP contribution in [0.15, 0.2) is 59.9 Å². The molecular weight excluding hydrogens is 1410 g/mol. The first-order chi connectivity index (χ1) is 50.0. The second-order valence-electron chi connectivity index (χ2n) is 28.0. The maximum Gasteiger partial charge on any atom is 0.256 e. The van der Waals surface area contributed by atoms with Gasteiger partial charge in [-0.25, -0.2) is 9.97 Å². The van der Waals surface area contributed by atoms with Crippen LogP contribution < -0.4 is 21.3 Å². The zero-order chi connectivity index (χ0) is 71.7. The highest BCUT2D eigenvalue weighted by Crippen LogP contribution is 2.52. The fourth-order valence-corrected chi connectivity index (χ4v) is 22.9. The third-order valence-corrected chi connectivity index (χ3v) is 29.1. The summed E-state index contributed by atoms with van der Waals surface area (Å²) in [5.41, 5.74) is 3.01. The Morgan fingerprint density at radius 3 is 1.06 bits per heavy atom. The fourth-order valence-electron chi connectivity index (χ4n) is 13.4. The molecule has 0 spiro atoms. The molecule has 0 fully saturated rings. The molecule has 0 bridgehead atoms. The van der Waals surface area contributed by atoms with Gasteiger partial charge in [-0.2, -0.15) is 0 Å². The molecular formula is C84H116N6O4S8. The molecule has 10 nitrogen and oxygen atoms in total. The first kappa shape index (κ1) is 81.2. The first-order valence-corrected chi connectivity index (χ1v) is 46.1. The van der Waals surface area contributed by atoms with Gasteiger partial charge in [-0.15, -0.1) is 90.7 Å². The van der Waals surface area contributed by atoms with E-state index in [0.29, 0.717) is 26.2 Å². The van der Waals surface area contributed by atoms with E-state index in [1.165, 1.54) is 216 Å². The van der Waals surface area contributed by atoms with Gasteiger partial charge in [0.15, 0.2) is 0 Å². The summed E-state index contributed by atoms with van der Waals surface area (Å²) in [5.74, 6) is -1.27. The van der Waals surface area contributed by atoms with Gasteiger partial charge in [0.1, 0.15) is 21.2 Å². The molecule has 4 N–H and O–H groups in total. The van der Waals surface area contributed by atoms with Crippen molar-refractivity contribution in [2.24, 2.45) is 0 Å². The summed E-state index contributed by atoms with van der Waals surface area (Å²) in [6.07, 6.45) is 51.2. The standard InChI is InChI=1S/C84H116N6O4S8/c1-7-13-19-25-31-37-43-59-50-74(83-89-57-61(95-83)51-65(79(91)85-45-39-33-27-21-15-9-3)80(92)86-46-40-34-28-22-16-10-4)102-75(59)71-56-73-78(101-71)64-54-67-63(53-68(64)98-73)77-72(97-67)55-70(100-77)69-49-60(44-38-32-26-20-14-8-2)76(99-69)84-90-58-62(96-84)52-66(81(93)87-47-41-35-29-23-17-11-5)82(94)88-48-42-36-30-24-18-12-6/h49-58H,7-48H2,1-6H3,(H,85,91)(H,86,92)(H,87,93)(H,88,94). The van der Waals surface area contributed by atoms with E-state index in [0.717, 1.165) is 127 Å². The average molecular weight is 1530 g/mol. The number of unbranched alkanes of at least 4 members (excludes halogenated alkanes) is 30. The largest absolute Gasteiger partial charge is 0.352 e. The van der Waals surface area contributed by atoms with Crippen molar-refractivity contribution in [1.82, 2.24) is 31.2 Å². The minimum absolute atomic E-state index is 0.153. The topological polar surface area (TPSA) is 142 Å². The van der Waals surface area contributed by atoms with Crippen molar-refractivity contribution >= 4 is 165 Å². The van der Waals surface area contributed by atoms with Crippen molar-refractivity contribution in [3.05, 3.63) is 80.8 Å². The van der Waals surface area contributed by atoms with Crippen LogP contribution in [0.2, 0.25) is 0 Å². The second-order valence-corrected chi connectivity index (χ2v) is 36.5. The number of aryl methyl sites for hydroxylation is 2. The third-order valence-electron chi connectivity index (χ3n) is 19.4. The average Bonchev–Trinajstić information content (AvgIpc) is 1.58. The number of benzene rings is 1. The van der Waals surface area contributed by atoms with E-state index in [9.17, 15) is 19.2 Å². The molecule has 0 saturated heterocycles. The van der Waals surface area contributed by atoms with Crippen molar-refractivity contribution in [2.45, 2.75) is 286 Å². The van der Waals surface area contributed by atoms with Crippen LogP contribution in [-0.4, -0.2) is 59.8 Å². The number of thiazole rings is 2. The number of thiophene rings is 6. The van der Waals surface area contributed by atoms with Gasteiger partial charge in [0, 0.05) is 97.4 Å². The normalized spacial score (nSPS) is 11.7. The molecule has 9 rings (SSSR count). The van der Waals surface area contributed by atoms with Crippen LogP contribution in [0.3, 0.4) is 0 Å². The number of carbonyl (C=O) groups is 4. The Morgan fingerprint density at radius 1 is 0.314 bits per heavy atom. The van der Waals surface area contributed by atoms with Crippen LogP contribution in [0.25, 0.3) is 90.4 Å². The van der Waals surface area contributed by atoms with Crippen LogP contribution in [0, 0.1) is 0 Å². The van der Waals surface area contributed by atoms with E-state index < -0.39 is 0 Å². The molecule has 1 aromatic carbocycles. The Kier molecular flexibility index (Phi) is 35.7. The first-order valence-electron chi connectivity index (χ1n) is 39.6. The molecule has 0 radical (unpaired) electrons. The molecule has 0 aliphatic carbocycles. The smallest absolute Gasteiger partial charge is 0.256 e. The summed E-state index contributed by atoms with van der Waals surface area (Å²) in [4.78, 5) is 74.6. The van der Waals surface area contributed by atoms with Gasteiger partial charge < -0.3 is 21.3 Å². The molecule has 0 atom stereocenters. The molecule has 8 heterocycles. The summed E-state index contributed by atoms with van der Waals surface area (Å²) in [6.45, 7) is 15.7. The quantitative estimate of drug-likeness (QED) is 0.0129. The van der Waals surface area contributed by atoms with Gasteiger partial charge in [-0.3, -0.25) is 19.2 Å². The summed E-state index contributed by atoms with van der Waals surface area (Å²) < 4.78 is 7.98. The van der Waals surface area contributed by atoms with Crippen molar-refractivity contribution in [3.63, 3.8) is 0 Å². The van der Waals surface area contributed by atoms with Gasteiger partial charge >= 0.3 is 0 Å². The maximum atomic E-state index is 13.9. The van der Waals surface area contributed by atoms with Crippen molar-refractivity contribution in [1.29, 1.82) is 0 Å². The molecule has 0 aliphatic heterocycles. The molecule has 102 heavy (non-hydrogen) atoms. The lowest BCUT2D eigenvalue weighted by Crippen LogP contribution is -2.35. The number of amides is 4. The Hall–Kier alpha value is -4.92. The number of nitrogens with one attached hydrogen (secondary N) is 4. The minimum atomic E-state index is -0.318. The summed E-state index contributed by atoms with van der Waals surface area (Å²) in [6, 6.07) is 14.6. The summed E-state index contributed by atoms with van der Waals surface area (Å²) in [5, 5.41) is 16.9. The molecule has 554 valence electrons. The van der Waals surface area contributed by atoms with Gasteiger partial charge in [0.2, 0.25) is 0 Å². The fraction of sp³-hybridized carbons (Fsp3) is 0.571. The van der Waals surface area contributed by atoms with Crippen molar-refractivity contribution in [2.75, 3.05) is 26.2 Å². The molecule has 18 heteroatoms. The van der Waals surface area contributed by atoms with Gasteiger partial charge in [-0.1, -0.05) is 234 Å². The molecule has 4 amide bonds. The van der Waals surface area contributed by atoms with E-state index in [1.54, 1.807) is 34.8 Å². The predicted molar refractivity (Wildman–Crippen MR) is 452 cm³/mol. The van der Waals surface area contributed by atoms with Crippen LogP contribution in [-0.2, 0) is 32.0 Å². The highest BCUT2D eigenvalue weighted by atomic mass is 32.1. The maximum absolute atomic E-state index is 13.9. The molecule has 0 unspecified atom stereocenters. The minimum Gasteiger partial charge on any atom is -0.352 e. The van der Waals surface area contributed by atoms with Crippen molar-refractivity contribution in [3.8, 4) is 39.3 Å². The zero-order valence-corrected chi connectivity index (χ0v) is 68.8. The zero-order valence-electron chi connectivity index (χ0n) is 62.3. The SMILES string of the molecule is CCCCCCCCNC(=O)C(=Cc1cnc(-c2cc(CCCCCCCC)c(-c3cc4sc5cc6c(cc5c4s3)sc3cc(-c4cc(CCCCCCCC)c(-c5ncc(C=C(C(=O)NCCCCCCCC)C(=O)NCCCCCCCC)s5)s4)sc36)s2)s1)C(=O)NCCCCCCCC. The second kappa shape index (κ2) is 44.9. The van der Waals surface area contributed by atoms with Gasteiger partial charge in [-0.05, 0) is 111 Å². The van der Waals surface area contributed by atoms with Gasteiger partial charge in [0.05, 0.1) is 19.2 Å². The van der Waals surface area contributed by atoms with E-state index in [2.05, 4.69) is 99.2 Å². The lowest BCUT2D eigenvalue weighted by atomic mass is 10.0. The highest BCUT2D eigenvalue weighted by Gasteiger charge is 2.25. The summed E-state index contributed by atoms with van der Waals surface area (Å²) in [7, 11) is 0. The van der Waals surface area contributed by atoms with Crippen LogP contribution in [0.1, 0.15) is 294 Å². The highest BCUT2D eigenvalue weighted by molar-refractivity contribution is 7.37. The van der Waals surface area contributed by atoms with Crippen molar-refractivity contribution < 1.29 is 19.2 Å². The van der Waals surface area contributed by atoms with Crippen LogP contribution >= 0.6 is 90.7 Å². The molecule has 0 saturated carbocycles. The lowest BCUT2D eigenvalue weighted by Gasteiger charge is -2.10. The van der Waals surface area contributed by atoms with Gasteiger partial charge in [0.25, 0.3) is 23.6 Å². The molecule has 8 aromatic heterocycles. The van der Waals surface area contributed by atoms with E-state index in [4.69, 9.17) is 9.97 Å². The number of carbonyl (C=O) groups excluding carboxylic acids is 4. The van der Waals surface area contributed by atoms with E-state index in [-0.39, 0.29) is 34.8 Å². The molecule has 0 aliphatic rings. The number of hydrogen-bond donors (Lipinski definition) is 4.